The molecule has 0 saturated heterocycles. The Balaban J connectivity index is 2.25. The van der Waals surface area contributed by atoms with Crippen molar-refractivity contribution >= 4 is 23.4 Å². The SMILES string of the molecule is CC(=O)c1ccc(Sc2nc(N)cc(=O)[nH]2)o1. The van der Waals surface area contributed by atoms with E-state index in [-0.39, 0.29) is 22.9 Å². The fraction of sp³-hybridized carbons (Fsp3) is 0.100. The number of nitrogen functional groups attached to an aromatic ring is 1. The van der Waals surface area contributed by atoms with Crippen molar-refractivity contribution in [3.8, 4) is 0 Å². The molecule has 0 aliphatic rings. The van der Waals surface area contributed by atoms with Gasteiger partial charge in [0.05, 0.1) is 0 Å². The lowest BCUT2D eigenvalue weighted by atomic mass is 10.3. The van der Waals surface area contributed by atoms with Crippen LogP contribution in [0.1, 0.15) is 17.5 Å². The largest absolute Gasteiger partial charge is 0.446 e. The van der Waals surface area contributed by atoms with Gasteiger partial charge in [0.25, 0.3) is 5.56 Å². The van der Waals surface area contributed by atoms with Crippen molar-refractivity contribution in [3.05, 3.63) is 34.3 Å². The molecule has 0 saturated carbocycles. The van der Waals surface area contributed by atoms with Crippen LogP contribution in [0.25, 0.3) is 0 Å². The fourth-order valence-corrected chi connectivity index (χ4v) is 1.92. The molecule has 17 heavy (non-hydrogen) atoms. The van der Waals surface area contributed by atoms with E-state index in [0.29, 0.717) is 10.2 Å². The van der Waals surface area contributed by atoms with E-state index in [4.69, 9.17) is 10.2 Å². The van der Waals surface area contributed by atoms with E-state index in [2.05, 4.69) is 9.97 Å². The molecular formula is C10H9N3O3S. The third-order valence-electron chi connectivity index (χ3n) is 1.87. The molecule has 0 amide bonds. The first-order valence-corrected chi connectivity index (χ1v) is 5.52. The summed E-state index contributed by atoms with van der Waals surface area (Å²) in [6.45, 7) is 1.41. The average molecular weight is 251 g/mol. The zero-order valence-electron chi connectivity index (χ0n) is 8.89. The van der Waals surface area contributed by atoms with Crippen molar-refractivity contribution in [2.24, 2.45) is 0 Å². The number of carbonyl (C=O) groups excluding carboxylic acids is 1. The molecule has 0 spiro atoms. The second kappa shape index (κ2) is 4.46. The number of hydrogen-bond acceptors (Lipinski definition) is 6. The number of H-pyrrole nitrogens is 1. The van der Waals surface area contributed by atoms with Gasteiger partial charge in [-0.15, -0.1) is 0 Å². The number of aromatic amines is 1. The van der Waals surface area contributed by atoms with Crippen molar-refractivity contribution < 1.29 is 9.21 Å². The number of nitrogens with zero attached hydrogens (tertiary/aromatic N) is 1. The van der Waals surface area contributed by atoms with Crippen LogP contribution in [0.15, 0.2) is 37.7 Å². The van der Waals surface area contributed by atoms with Gasteiger partial charge in [0.1, 0.15) is 5.82 Å². The first-order chi connectivity index (χ1) is 8.04. The standard InChI is InChI=1S/C10H9N3O3S/c1-5(14)6-2-3-9(16-6)17-10-12-7(11)4-8(15)13-10/h2-4H,1H3,(H3,11,12,13,15). The van der Waals surface area contributed by atoms with Crippen LogP contribution >= 0.6 is 11.8 Å². The maximum Gasteiger partial charge on any atom is 0.253 e. The van der Waals surface area contributed by atoms with E-state index in [9.17, 15) is 9.59 Å². The van der Waals surface area contributed by atoms with Gasteiger partial charge >= 0.3 is 0 Å². The molecule has 0 atom stereocenters. The lowest BCUT2D eigenvalue weighted by molar-refractivity contribution is 0.0982. The number of Topliss-reactive ketones (excluding diaryl/α,β-unsaturated/α-hetero) is 1. The molecule has 0 aromatic carbocycles. The summed E-state index contributed by atoms with van der Waals surface area (Å²) >= 11 is 1.09. The molecule has 0 fully saturated rings. The van der Waals surface area contributed by atoms with Crippen molar-refractivity contribution in [2.45, 2.75) is 17.2 Å². The highest BCUT2D eigenvalue weighted by atomic mass is 32.2. The Morgan fingerprint density at radius 1 is 1.53 bits per heavy atom. The van der Waals surface area contributed by atoms with Gasteiger partial charge in [-0.1, -0.05) is 0 Å². The highest BCUT2D eigenvalue weighted by Crippen LogP contribution is 2.26. The minimum absolute atomic E-state index is 0.134. The van der Waals surface area contributed by atoms with Crippen molar-refractivity contribution in [3.63, 3.8) is 0 Å². The summed E-state index contributed by atoms with van der Waals surface area (Å²) in [4.78, 5) is 28.6. The zero-order valence-corrected chi connectivity index (χ0v) is 9.71. The van der Waals surface area contributed by atoms with Gasteiger partial charge in [-0.3, -0.25) is 9.59 Å². The Morgan fingerprint density at radius 3 is 2.88 bits per heavy atom. The summed E-state index contributed by atoms with van der Waals surface area (Å²) in [6, 6.07) is 4.38. The number of hydrogen-bond donors (Lipinski definition) is 2. The first kappa shape index (κ1) is 11.5. The number of nitrogens with two attached hydrogens (primary N) is 1. The number of aromatic nitrogens is 2. The maximum atomic E-state index is 11.1. The van der Waals surface area contributed by atoms with Gasteiger partial charge in [0.15, 0.2) is 21.8 Å². The predicted octanol–water partition coefficient (Wildman–Crippen LogP) is 1.30. The Hall–Kier alpha value is -2.02. The number of ketones is 1. The zero-order chi connectivity index (χ0) is 12.4. The fourth-order valence-electron chi connectivity index (χ4n) is 1.16. The van der Waals surface area contributed by atoms with Crippen LogP contribution in [-0.4, -0.2) is 15.8 Å². The Labute approximate surface area is 100 Å². The van der Waals surface area contributed by atoms with Gasteiger partial charge in [0.2, 0.25) is 0 Å². The van der Waals surface area contributed by atoms with Gasteiger partial charge in [-0.25, -0.2) is 4.98 Å². The molecular weight excluding hydrogens is 242 g/mol. The molecule has 0 radical (unpaired) electrons. The third kappa shape index (κ3) is 2.76. The monoisotopic (exact) mass is 251 g/mol. The summed E-state index contributed by atoms with van der Waals surface area (Å²) < 4.78 is 5.24. The van der Waals surface area contributed by atoms with E-state index in [1.165, 1.54) is 13.0 Å². The Bertz CT molecular complexity index is 617. The van der Waals surface area contributed by atoms with Crippen LogP contribution < -0.4 is 11.3 Å². The predicted molar refractivity (Wildman–Crippen MR) is 62.1 cm³/mol. The molecule has 3 N–H and O–H groups in total. The van der Waals surface area contributed by atoms with Crippen LogP contribution in [0.4, 0.5) is 5.82 Å². The van der Waals surface area contributed by atoms with E-state index in [1.807, 2.05) is 0 Å². The topological polar surface area (TPSA) is 102 Å². The van der Waals surface area contributed by atoms with Crippen molar-refractivity contribution in [2.75, 3.05) is 5.73 Å². The quantitative estimate of drug-likeness (QED) is 0.629. The third-order valence-corrected chi connectivity index (χ3v) is 2.67. The number of nitrogens with one attached hydrogen (secondary N) is 1. The highest BCUT2D eigenvalue weighted by molar-refractivity contribution is 7.99. The summed E-state index contributed by atoms with van der Waals surface area (Å²) in [5.41, 5.74) is 5.10. The number of furan rings is 1. The van der Waals surface area contributed by atoms with Gasteiger partial charge in [0, 0.05) is 13.0 Å². The van der Waals surface area contributed by atoms with E-state index in [1.54, 1.807) is 12.1 Å². The molecule has 6 nitrogen and oxygen atoms in total. The van der Waals surface area contributed by atoms with Gasteiger partial charge in [-0.2, -0.15) is 0 Å². The molecule has 0 aliphatic carbocycles. The van der Waals surface area contributed by atoms with Crippen LogP contribution in [0, 0.1) is 0 Å². The second-order valence-corrected chi connectivity index (χ2v) is 4.25. The molecule has 7 heteroatoms. The smallest absolute Gasteiger partial charge is 0.253 e. The van der Waals surface area contributed by atoms with Crippen LogP contribution in [0.2, 0.25) is 0 Å². The lowest BCUT2D eigenvalue weighted by Gasteiger charge is -1.97. The molecule has 0 aliphatic heterocycles. The molecule has 2 heterocycles. The number of carbonyl (C=O) groups is 1. The first-order valence-electron chi connectivity index (χ1n) is 4.70. The summed E-state index contributed by atoms with van der Waals surface area (Å²) in [7, 11) is 0. The van der Waals surface area contributed by atoms with Crippen LogP contribution in [-0.2, 0) is 0 Å². The van der Waals surface area contributed by atoms with Crippen molar-refractivity contribution in [1.29, 1.82) is 0 Å². The average Bonchev–Trinajstić information content (AvgIpc) is 2.64. The Kier molecular flexibility index (Phi) is 3.01. The van der Waals surface area contributed by atoms with Gasteiger partial charge in [-0.05, 0) is 23.9 Å². The molecule has 2 aromatic heterocycles. The molecule has 0 unspecified atom stereocenters. The minimum atomic E-state index is -0.335. The maximum absolute atomic E-state index is 11.1. The van der Waals surface area contributed by atoms with E-state index >= 15 is 0 Å². The normalized spacial score (nSPS) is 10.4. The minimum Gasteiger partial charge on any atom is -0.446 e. The van der Waals surface area contributed by atoms with Crippen LogP contribution in [0.3, 0.4) is 0 Å². The van der Waals surface area contributed by atoms with Gasteiger partial charge < -0.3 is 15.1 Å². The number of anilines is 1. The second-order valence-electron chi connectivity index (χ2n) is 3.25. The number of rotatable bonds is 3. The molecule has 2 rings (SSSR count). The van der Waals surface area contributed by atoms with Crippen molar-refractivity contribution in [1.82, 2.24) is 9.97 Å². The Morgan fingerprint density at radius 2 is 2.29 bits per heavy atom. The summed E-state index contributed by atoms with van der Waals surface area (Å²) in [5.74, 6) is 0.235. The molecule has 88 valence electrons. The highest BCUT2D eigenvalue weighted by Gasteiger charge is 2.09. The lowest BCUT2D eigenvalue weighted by Crippen LogP contribution is -2.09. The molecule has 0 bridgehead atoms. The summed E-state index contributed by atoms with van der Waals surface area (Å²) in [5, 5.41) is 0.781. The summed E-state index contributed by atoms with van der Waals surface area (Å²) in [6.07, 6.45) is 0. The van der Waals surface area contributed by atoms with Crippen LogP contribution in [0.5, 0.6) is 0 Å². The van der Waals surface area contributed by atoms with E-state index in [0.717, 1.165) is 11.8 Å². The molecule has 2 aromatic rings. The van der Waals surface area contributed by atoms with E-state index < -0.39 is 0 Å².